The summed E-state index contributed by atoms with van der Waals surface area (Å²) in [5.74, 6) is 1.92. The Labute approximate surface area is 272 Å². The Morgan fingerprint density at radius 2 is 0.894 bits per heavy atom. The molecule has 7 aromatic carbocycles. The molecule has 220 valence electrons. The van der Waals surface area contributed by atoms with Crippen molar-refractivity contribution in [1.29, 1.82) is 0 Å². The summed E-state index contributed by atoms with van der Waals surface area (Å²) in [6.45, 7) is 0. The second kappa shape index (κ2) is 11.2. The van der Waals surface area contributed by atoms with Crippen LogP contribution in [0.4, 0.5) is 0 Å². The third kappa shape index (κ3) is 4.66. The van der Waals surface area contributed by atoms with Gasteiger partial charge in [-0.05, 0) is 23.1 Å². The maximum absolute atomic E-state index is 5.07. The van der Waals surface area contributed by atoms with Gasteiger partial charge in [0, 0.05) is 38.4 Å². The lowest BCUT2D eigenvalue weighted by Gasteiger charge is -2.17. The molecule has 0 aliphatic heterocycles. The van der Waals surface area contributed by atoms with Crippen LogP contribution in [0.2, 0.25) is 0 Å². The van der Waals surface area contributed by atoms with Gasteiger partial charge in [-0.2, -0.15) is 0 Å². The largest absolute Gasteiger partial charge is 0.308 e. The number of nitrogens with zero attached hydrogens (tertiary/aromatic N) is 4. The third-order valence-corrected chi connectivity index (χ3v) is 8.84. The van der Waals surface area contributed by atoms with Crippen molar-refractivity contribution in [2.75, 3.05) is 0 Å². The second-order valence-electron chi connectivity index (χ2n) is 11.7. The van der Waals surface area contributed by atoms with Crippen LogP contribution in [-0.4, -0.2) is 19.5 Å². The summed E-state index contributed by atoms with van der Waals surface area (Å²) in [5, 5.41) is 4.86. The van der Waals surface area contributed by atoms with E-state index in [0.717, 1.165) is 39.0 Å². The van der Waals surface area contributed by atoms with E-state index < -0.39 is 0 Å². The highest BCUT2D eigenvalue weighted by atomic mass is 15.0. The predicted octanol–water partition coefficient (Wildman–Crippen LogP) is 10.8. The summed E-state index contributed by atoms with van der Waals surface area (Å²) in [6.07, 6.45) is 0. The van der Waals surface area contributed by atoms with E-state index >= 15 is 0 Å². The molecule has 9 rings (SSSR count). The van der Waals surface area contributed by atoms with Crippen LogP contribution in [0.1, 0.15) is 0 Å². The van der Waals surface area contributed by atoms with Crippen LogP contribution < -0.4 is 0 Å². The molecule has 0 aliphatic rings. The van der Waals surface area contributed by atoms with E-state index in [4.69, 9.17) is 15.0 Å². The zero-order valence-electron chi connectivity index (χ0n) is 25.5. The van der Waals surface area contributed by atoms with Gasteiger partial charge < -0.3 is 4.57 Å². The van der Waals surface area contributed by atoms with Crippen molar-refractivity contribution >= 4 is 32.6 Å². The number of hydrogen-bond acceptors (Lipinski definition) is 3. The lowest BCUT2D eigenvalue weighted by Crippen LogP contribution is -2.02. The van der Waals surface area contributed by atoms with Crippen LogP contribution in [0, 0.1) is 0 Å². The van der Waals surface area contributed by atoms with Gasteiger partial charge in [0.25, 0.3) is 0 Å². The number of hydrogen-bond donors (Lipinski definition) is 0. The van der Waals surface area contributed by atoms with Gasteiger partial charge in [-0.3, -0.25) is 0 Å². The van der Waals surface area contributed by atoms with E-state index in [2.05, 4.69) is 114 Å². The zero-order valence-corrected chi connectivity index (χ0v) is 25.5. The molecule has 0 saturated heterocycles. The van der Waals surface area contributed by atoms with Gasteiger partial charge in [0.05, 0.1) is 16.7 Å². The van der Waals surface area contributed by atoms with Crippen LogP contribution >= 0.6 is 0 Å². The fourth-order valence-electron chi connectivity index (χ4n) is 6.64. The maximum Gasteiger partial charge on any atom is 0.164 e. The lowest BCUT2D eigenvalue weighted by molar-refractivity contribution is 1.07. The number of aromatic nitrogens is 4. The smallest absolute Gasteiger partial charge is 0.164 e. The van der Waals surface area contributed by atoms with Gasteiger partial charge in [0.15, 0.2) is 17.5 Å². The Hall–Kier alpha value is -6.39. The summed E-state index contributed by atoms with van der Waals surface area (Å²) in [7, 11) is 0. The van der Waals surface area contributed by atoms with Crippen LogP contribution in [-0.2, 0) is 0 Å². The number of rotatable bonds is 5. The molecule has 4 heteroatoms. The minimum absolute atomic E-state index is 0.629. The molecule has 0 amide bonds. The Bertz CT molecular complexity index is 2500. The summed E-state index contributed by atoms with van der Waals surface area (Å²) in [5.41, 5.74) is 8.49. The Balaban J connectivity index is 1.36. The van der Waals surface area contributed by atoms with E-state index in [1.165, 1.54) is 27.1 Å². The highest BCUT2D eigenvalue weighted by molar-refractivity contribution is 6.19. The Kier molecular flexibility index (Phi) is 6.43. The van der Waals surface area contributed by atoms with Crippen LogP contribution in [0.3, 0.4) is 0 Å². The lowest BCUT2D eigenvalue weighted by atomic mass is 10.00. The summed E-state index contributed by atoms with van der Waals surface area (Å²) in [6, 6.07) is 59.2. The topological polar surface area (TPSA) is 43.6 Å². The standard InChI is InChI=1S/C43H28N4/c1-4-14-29(15-5-1)34-26-25-33(43-45-41(31-17-6-2-7-18-31)44-42(46-43)32-19-8-3-9-20-32)28-39(34)47-38-23-13-12-22-36(38)37-27-24-30-16-10-11-21-35(30)40(37)47/h1-28H. The molecule has 0 atom stereocenters. The van der Waals surface area contributed by atoms with Gasteiger partial charge in [-0.15, -0.1) is 0 Å². The fraction of sp³-hybridized carbons (Fsp3) is 0. The van der Waals surface area contributed by atoms with E-state index in [1.54, 1.807) is 0 Å². The van der Waals surface area contributed by atoms with E-state index in [0.29, 0.717) is 17.5 Å². The molecular weight excluding hydrogens is 573 g/mol. The average molecular weight is 601 g/mol. The van der Waals surface area contributed by atoms with E-state index in [9.17, 15) is 0 Å². The quantitative estimate of drug-likeness (QED) is 0.197. The molecule has 47 heavy (non-hydrogen) atoms. The normalized spacial score (nSPS) is 11.4. The minimum atomic E-state index is 0.629. The number of para-hydroxylation sites is 1. The molecule has 0 N–H and O–H groups in total. The summed E-state index contributed by atoms with van der Waals surface area (Å²) < 4.78 is 2.43. The highest BCUT2D eigenvalue weighted by Crippen LogP contribution is 2.40. The highest BCUT2D eigenvalue weighted by Gasteiger charge is 2.20. The zero-order chi connectivity index (χ0) is 31.2. The van der Waals surface area contributed by atoms with Gasteiger partial charge in [0.1, 0.15) is 0 Å². The molecule has 4 nitrogen and oxygen atoms in total. The van der Waals surface area contributed by atoms with Crippen LogP contribution in [0.15, 0.2) is 170 Å². The monoisotopic (exact) mass is 600 g/mol. The van der Waals surface area contributed by atoms with Crippen LogP contribution in [0.25, 0.3) is 83.6 Å². The fourth-order valence-corrected chi connectivity index (χ4v) is 6.64. The first kappa shape index (κ1) is 27.0. The van der Waals surface area contributed by atoms with E-state index in [1.807, 2.05) is 60.7 Å². The minimum Gasteiger partial charge on any atom is -0.308 e. The first-order chi connectivity index (χ1) is 23.3. The number of benzene rings is 7. The van der Waals surface area contributed by atoms with Crippen molar-refractivity contribution in [3.63, 3.8) is 0 Å². The van der Waals surface area contributed by atoms with Crippen molar-refractivity contribution in [2.45, 2.75) is 0 Å². The summed E-state index contributed by atoms with van der Waals surface area (Å²) >= 11 is 0. The van der Waals surface area contributed by atoms with Crippen molar-refractivity contribution in [3.8, 4) is 51.0 Å². The molecule has 2 aromatic heterocycles. The molecule has 0 saturated carbocycles. The van der Waals surface area contributed by atoms with Gasteiger partial charge in [0.2, 0.25) is 0 Å². The molecule has 0 spiro atoms. The second-order valence-corrected chi connectivity index (χ2v) is 11.7. The summed E-state index contributed by atoms with van der Waals surface area (Å²) in [4.78, 5) is 15.1. The SMILES string of the molecule is c1ccc(-c2nc(-c3ccccc3)nc(-c3ccc(-c4ccccc4)c(-n4c5ccccc5c5ccc6ccccc6c54)c3)n2)cc1. The van der Waals surface area contributed by atoms with Crippen molar-refractivity contribution in [2.24, 2.45) is 0 Å². The van der Waals surface area contributed by atoms with E-state index in [-0.39, 0.29) is 0 Å². The van der Waals surface area contributed by atoms with Crippen molar-refractivity contribution in [1.82, 2.24) is 19.5 Å². The van der Waals surface area contributed by atoms with Crippen molar-refractivity contribution < 1.29 is 0 Å². The third-order valence-electron chi connectivity index (χ3n) is 8.84. The van der Waals surface area contributed by atoms with Gasteiger partial charge in [-0.25, -0.2) is 15.0 Å². The molecule has 9 aromatic rings. The number of fused-ring (bicyclic) bond motifs is 5. The Morgan fingerprint density at radius 3 is 1.55 bits per heavy atom. The maximum atomic E-state index is 5.07. The van der Waals surface area contributed by atoms with Gasteiger partial charge in [-0.1, -0.05) is 158 Å². The molecule has 0 fully saturated rings. The molecule has 0 bridgehead atoms. The Morgan fingerprint density at radius 1 is 0.362 bits per heavy atom. The molecular formula is C43H28N4. The predicted molar refractivity (Wildman–Crippen MR) is 193 cm³/mol. The molecule has 0 unspecified atom stereocenters. The first-order valence-corrected chi connectivity index (χ1v) is 15.8. The van der Waals surface area contributed by atoms with Crippen LogP contribution in [0.5, 0.6) is 0 Å². The first-order valence-electron chi connectivity index (χ1n) is 15.8. The average Bonchev–Trinajstić information content (AvgIpc) is 3.50. The van der Waals surface area contributed by atoms with Gasteiger partial charge >= 0.3 is 0 Å². The van der Waals surface area contributed by atoms with Crippen molar-refractivity contribution in [3.05, 3.63) is 170 Å². The molecule has 2 heterocycles. The molecule has 0 aliphatic carbocycles. The molecule has 0 radical (unpaired) electrons.